The van der Waals surface area contributed by atoms with E-state index in [9.17, 15) is 0 Å². The van der Waals surface area contributed by atoms with Crippen molar-refractivity contribution in [2.24, 2.45) is 0 Å². The molecule has 3 heterocycles. The SMILES string of the molecule is C=CCO[C@H]1C[C@H]2CN(Cc3ccc(C)s3)CCN2C1. The number of hydrogen-bond donors (Lipinski definition) is 0. The van der Waals surface area contributed by atoms with E-state index in [4.69, 9.17) is 4.74 Å². The molecule has 0 aromatic carbocycles. The molecule has 3 nitrogen and oxygen atoms in total. The smallest absolute Gasteiger partial charge is 0.0721 e. The molecule has 20 heavy (non-hydrogen) atoms. The highest BCUT2D eigenvalue weighted by molar-refractivity contribution is 7.11. The Labute approximate surface area is 125 Å². The second-order valence-corrected chi connectivity index (χ2v) is 7.25. The van der Waals surface area contributed by atoms with Crippen molar-refractivity contribution in [1.29, 1.82) is 0 Å². The van der Waals surface area contributed by atoms with Gasteiger partial charge in [0.1, 0.15) is 0 Å². The van der Waals surface area contributed by atoms with Crippen LogP contribution in [0.3, 0.4) is 0 Å². The molecule has 1 aromatic rings. The summed E-state index contributed by atoms with van der Waals surface area (Å²) in [5.41, 5.74) is 0. The third-order valence-electron chi connectivity index (χ3n) is 4.29. The van der Waals surface area contributed by atoms with E-state index in [1.807, 2.05) is 17.4 Å². The van der Waals surface area contributed by atoms with E-state index in [1.54, 1.807) is 0 Å². The zero-order valence-electron chi connectivity index (χ0n) is 12.3. The molecule has 4 heteroatoms. The Morgan fingerprint density at radius 1 is 1.40 bits per heavy atom. The van der Waals surface area contributed by atoms with Crippen LogP contribution in [0, 0.1) is 6.92 Å². The molecule has 0 radical (unpaired) electrons. The summed E-state index contributed by atoms with van der Waals surface area (Å²) in [6, 6.07) is 5.18. The lowest BCUT2D eigenvalue weighted by Crippen LogP contribution is -2.49. The van der Waals surface area contributed by atoms with Crippen molar-refractivity contribution >= 4 is 11.3 Å². The minimum atomic E-state index is 0.405. The quantitative estimate of drug-likeness (QED) is 0.776. The molecular weight excluding hydrogens is 268 g/mol. The molecular formula is C16H24N2OS. The Morgan fingerprint density at radius 2 is 2.30 bits per heavy atom. The van der Waals surface area contributed by atoms with Crippen LogP contribution in [0.25, 0.3) is 0 Å². The molecule has 0 unspecified atom stereocenters. The highest BCUT2D eigenvalue weighted by Gasteiger charge is 2.36. The molecule has 3 rings (SSSR count). The molecule has 1 aromatic heterocycles. The van der Waals surface area contributed by atoms with Crippen LogP contribution in [0.2, 0.25) is 0 Å². The minimum absolute atomic E-state index is 0.405. The summed E-state index contributed by atoms with van der Waals surface area (Å²) in [5, 5.41) is 0. The van der Waals surface area contributed by atoms with Crippen molar-refractivity contribution in [3.8, 4) is 0 Å². The first-order valence-corrected chi connectivity index (χ1v) is 8.30. The van der Waals surface area contributed by atoms with E-state index in [0.29, 0.717) is 18.8 Å². The fourth-order valence-electron chi connectivity index (χ4n) is 3.32. The molecule has 2 fully saturated rings. The minimum Gasteiger partial charge on any atom is -0.373 e. The molecule has 110 valence electrons. The van der Waals surface area contributed by atoms with E-state index in [2.05, 4.69) is 35.4 Å². The zero-order chi connectivity index (χ0) is 13.9. The first kappa shape index (κ1) is 14.3. The predicted molar refractivity (Wildman–Crippen MR) is 84.2 cm³/mol. The van der Waals surface area contributed by atoms with Crippen LogP contribution in [-0.4, -0.2) is 54.7 Å². The monoisotopic (exact) mass is 292 g/mol. The van der Waals surface area contributed by atoms with Crippen LogP contribution < -0.4 is 0 Å². The Bertz CT molecular complexity index is 459. The molecule has 2 saturated heterocycles. The average molecular weight is 292 g/mol. The topological polar surface area (TPSA) is 15.7 Å². The summed E-state index contributed by atoms with van der Waals surface area (Å²) in [7, 11) is 0. The summed E-state index contributed by atoms with van der Waals surface area (Å²) in [6.45, 7) is 12.4. The van der Waals surface area contributed by atoms with Gasteiger partial charge in [-0.1, -0.05) is 6.08 Å². The van der Waals surface area contributed by atoms with Crippen molar-refractivity contribution in [3.05, 3.63) is 34.5 Å². The fraction of sp³-hybridized carbons (Fsp3) is 0.625. The van der Waals surface area contributed by atoms with Gasteiger partial charge >= 0.3 is 0 Å². The van der Waals surface area contributed by atoms with Gasteiger partial charge in [-0.3, -0.25) is 9.80 Å². The largest absolute Gasteiger partial charge is 0.373 e. The van der Waals surface area contributed by atoms with Crippen LogP contribution in [0.1, 0.15) is 16.2 Å². The Kier molecular flexibility index (Phi) is 4.56. The predicted octanol–water partition coefficient (Wildman–Crippen LogP) is 2.52. The van der Waals surface area contributed by atoms with Gasteiger partial charge in [-0.15, -0.1) is 17.9 Å². The Hall–Kier alpha value is -0.680. The molecule has 0 spiro atoms. The molecule has 0 saturated carbocycles. The van der Waals surface area contributed by atoms with Crippen molar-refractivity contribution in [3.63, 3.8) is 0 Å². The van der Waals surface area contributed by atoms with Gasteiger partial charge in [0.05, 0.1) is 12.7 Å². The Morgan fingerprint density at radius 3 is 3.05 bits per heavy atom. The van der Waals surface area contributed by atoms with Gasteiger partial charge in [-0.25, -0.2) is 0 Å². The normalized spacial score (nSPS) is 27.6. The van der Waals surface area contributed by atoms with Gasteiger partial charge in [0.15, 0.2) is 0 Å². The highest BCUT2D eigenvalue weighted by Crippen LogP contribution is 2.26. The second-order valence-electron chi connectivity index (χ2n) is 5.88. The maximum absolute atomic E-state index is 5.82. The number of thiophene rings is 1. The standard InChI is InChI=1S/C16H24N2OS/c1-3-8-19-15-9-14-10-17(6-7-18(14)11-15)12-16-5-4-13(2)20-16/h3-5,14-15H,1,6-12H2,2H3/t14-,15-/m0/s1. The van der Waals surface area contributed by atoms with Crippen LogP contribution in [0.5, 0.6) is 0 Å². The summed E-state index contributed by atoms with van der Waals surface area (Å²) in [6.07, 6.45) is 3.43. The van der Waals surface area contributed by atoms with Crippen LogP contribution in [0.4, 0.5) is 0 Å². The first-order chi connectivity index (χ1) is 9.74. The fourth-order valence-corrected chi connectivity index (χ4v) is 4.25. The lowest BCUT2D eigenvalue weighted by Gasteiger charge is -2.37. The van der Waals surface area contributed by atoms with E-state index in [1.165, 1.54) is 35.8 Å². The number of fused-ring (bicyclic) bond motifs is 1. The van der Waals surface area contributed by atoms with Crippen molar-refractivity contribution in [2.75, 3.05) is 32.8 Å². The second kappa shape index (κ2) is 6.39. The van der Waals surface area contributed by atoms with Crippen LogP contribution in [0.15, 0.2) is 24.8 Å². The maximum atomic E-state index is 5.82. The van der Waals surface area contributed by atoms with E-state index in [-0.39, 0.29) is 0 Å². The third kappa shape index (κ3) is 3.31. The molecule has 2 aliphatic rings. The lowest BCUT2D eigenvalue weighted by atomic mass is 10.1. The number of ether oxygens (including phenoxy) is 1. The third-order valence-corrected chi connectivity index (χ3v) is 5.27. The zero-order valence-corrected chi connectivity index (χ0v) is 13.1. The summed E-state index contributed by atoms with van der Waals surface area (Å²) in [4.78, 5) is 8.11. The number of piperazine rings is 1. The van der Waals surface area contributed by atoms with Gasteiger partial charge in [-0.05, 0) is 25.5 Å². The number of hydrogen-bond acceptors (Lipinski definition) is 4. The van der Waals surface area contributed by atoms with Crippen LogP contribution >= 0.6 is 11.3 Å². The molecule has 0 aliphatic carbocycles. The number of rotatable bonds is 5. The maximum Gasteiger partial charge on any atom is 0.0721 e. The average Bonchev–Trinajstić information content (AvgIpc) is 3.02. The van der Waals surface area contributed by atoms with E-state index >= 15 is 0 Å². The lowest BCUT2D eigenvalue weighted by molar-refractivity contribution is 0.0760. The number of aryl methyl sites for hydroxylation is 1. The molecule has 2 aliphatic heterocycles. The Balaban J connectivity index is 1.52. The molecule has 0 bridgehead atoms. The molecule has 0 amide bonds. The number of nitrogens with zero attached hydrogens (tertiary/aromatic N) is 2. The van der Waals surface area contributed by atoms with E-state index in [0.717, 1.165) is 13.1 Å². The van der Waals surface area contributed by atoms with Gasteiger partial charge in [0, 0.05) is 48.5 Å². The van der Waals surface area contributed by atoms with Gasteiger partial charge in [0.25, 0.3) is 0 Å². The van der Waals surface area contributed by atoms with Gasteiger partial charge in [-0.2, -0.15) is 0 Å². The highest BCUT2D eigenvalue weighted by atomic mass is 32.1. The van der Waals surface area contributed by atoms with Gasteiger partial charge in [0.2, 0.25) is 0 Å². The van der Waals surface area contributed by atoms with Crippen molar-refractivity contribution < 1.29 is 4.74 Å². The summed E-state index contributed by atoms with van der Waals surface area (Å²) >= 11 is 1.93. The van der Waals surface area contributed by atoms with E-state index < -0.39 is 0 Å². The van der Waals surface area contributed by atoms with Crippen molar-refractivity contribution in [1.82, 2.24) is 9.80 Å². The molecule has 2 atom stereocenters. The summed E-state index contributed by atoms with van der Waals surface area (Å²) in [5.74, 6) is 0. The first-order valence-electron chi connectivity index (χ1n) is 7.49. The van der Waals surface area contributed by atoms with Crippen molar-refractivity contribution in [2.45, 2.75) is 32.0 Å². The van der Waals surface area contributed by atoms with Crippen LogP contribution in [-0.2, 0) is 11.3 Å². The summed E-state index contributed by atoms with van der Waals surface area (Å²) < 4.78 is 5.82. The molecule has 0 N–H and O–H groups in total. The van der Waals surface area contributed by atoms with Gasteiger partial charge < -0.3 is 4.74 Å².